The number of hydrogen-bond donors (Lipinski definition) is 3. The number of rotatable bonds is 5. The Balaban J connectivity index is 2.25. The van der Waals surface area contributed by atoms with Gasteiger partial charge in [-0.25, -0.2) is 0 Å². The van der Waals surface area contributed by atoms with Crippen molar-refractivity contribution in [2.24, 2.45) is 0 Å². The largest absolute Gasteiger partial charge is 0.399 e. The number of nitrogens with two attached hydrogens (primary N) is 1. The van der Waals surface area contributed by atoms with Crippen LogP contribution < -0.4 is 11.1 Å². The number of benzene rings is 1. The lowest BCUT2D eigenvalue weighted by Gasteiger charge is -2.11. The van der Waals surface area contributed by atoms with Crippen LogP contribution in [0.2, 0.25) is 0 Å². The van der Waals surface area contributed by atoms with Crippen molar-refractivity contribution < 1.29 is 5.11 Å². The van der Waals surface area contributed by atoms with E-state index in [4.69, 9.17) is 10.8 Å². The third kappa shape index (κ3) is 2.99. The summed E-state index contributed by atoms with van der Waals surface area (Å²) in [5.74, 6) is 0. The van der Waals surface area contributed by atoms with Gasteiger partial charge in [0.15, 0.2) is 0 Å². The van der Waals surface area contributed by atoms with Gasteiger partial charge in [0.2, 0.25) is 0 Å². The van der Waals surface area contributed by atoms with Crippen LogP contribution >= 0.6 is 11.3 Å². The van der Waals surface area contributed by atoms with Gasteiger partial charge in [-0.3, -0.25) is 0 Å². The molecule has 0 unspecified atom stereocenters. The molecule has 3 nitrogen and oxygen atoms in total. The average molecular weight is 248 g/mol. The lowest BCUT2D eigenvalue weighted by molar-refractivity contribution is 0.292. The summed E-state index contributed by atoms with van der Waals surface area (Å²) in [7, 11) is 0. The molecular weight excluding hydrogens is 232 g/mol. The topological polar surface area (TPSA) is 58.3 Å². The first-order chi connectivity index (χ1) is 8.31. The SMILES string of the molecule is Nc1ccc(NCCCO)c(-c2cccs2)c1. The highest BCUT2D eigenvalue weighted by Crippen LogP contribution is 2.33. The summed E-state index contributed by atoms with van der Waals surface area (Å²) in [6, 6.07) is 9.96. The van der Waals surface area contributed by atoms with Crippen molar-refractivity contribution in [1.29, 1.82) is 0 Å². The summed E-state index contributed by atoms with van der Waals surface area (Å²) < 4.78 is 0. The molecule has 0 saturated carbocycles. The first kappa shape index (κ1) is 12.0. The molecule has 0 spiro atoms. The summed E-state index contributed by atoms with van der Waals surface area (Å²) in [4.78, 5) is 1.20. The third-order valence-electron chi connectivity index (χ3n) is 2.48. The van der Waals surface area contributed by atoms with E-state index < -0.39 is 0 Å². The number of anilines is 2. The van der Waals surface area contributed by atoms with E-state index in [0.717, 1.165) is 29.9 Å². The average Bonchev–Trinajstić information content (AvgIpc) is 2.85. The van der Waals surface area contributed by atoms with Crippen molar-refractivity contribution in [2.75, 3.05) is 24.2 Å². The van der Waals surface area contributed by atoms with Crippen LogP contribution in [0.3, 0.4) is 0 Å². The molecule has 0 aliphatic carbocycles. The Kier molecular flexibility index (Phi) is 4.01. The van der Waals surface area contributed by atoms with Gasteiger partial charge < -0.3 is 16.2 Å². The summed E-state index contributed by atoms with van der Waals surface area (Å²) in [5.41, 5.74) is 8.78. The first-order valence-corrected chi connectivity index (χ1v) is 6.47. The quantitative estimate of drug-likeness (QED) is 0.563. The van der Waals surface area contributed by atoms with Gasteiger partial charge in [0.05, 0.1) is 0 Å². The predicted molar refractivity (Wildman–Crippen MR) is 74.4 cm³/mol. The Morgan fingerprint density at radius 3 is 2.88 bits per heavy atom. The van der Waals surface area contributed by atoms with E-state index in [1.54, 1.807) is 11.3 Å². The molecule has 1 heterocycles. The van der Waals surface area contributed by atoms with Crippen LogP contribution in [0, 0.1) is 0 Å². The lowest BCUT2D eigenvalue weighted by Crippen LogP contribution is -2.04. The Hall–Kier alpha value is -1.52. The molecule has 2 rings (SSSR count). The standard InChI is InChI=1S/C13H16N2OS/c14-10-4-5-12(15-6-2-7-16)11(9-10)13-3-1-8-17-13/h1,3-5,8-9,15-16H,2,6-7,14H2. The van der Waals surface area contributed by atoms with Crippen molar-refractivity contribution >= 4 is 22.7 Å². The molecule has 0 aliphatic heterocycles. The van der Waals surface area contributed by atoms with E-state index >= 15 is 0 Å². The van der Waals surface area contributed by atoms with E-state index in [-0.39, 0.29) is 6.61 Å². The van der Waals surface area contributed by atoms with Gasteiger partial charge >= 0.3 is 0 Å². The van der Waals surface area contributed by atoms with Gasteiger partial charge in [-0.15, -0.1) is 11.3 Å². The minimum atomic E-state index is 0.205. The van der Waals surface area contributed by atoms with E-state index in [2.05, 4.69) is 16.8 Å². The van der Waals surface area contributed by atoms with Gasteiger partial charge in [0.1, 0.15) is 0 Å². The van der Waals surface area contributed by atoms with Gasteiger partial charge in [-0.05, 0) is 36.1 Å². The fourth-order valence-electron chi connectivity index (χ4n) is 1.65. The summed E-state index contributed by atoms with van der Waals surface area (Å²) in [6.07, 6.45) is 0.744. The molecule has 1 aromatic heterocycles. The van der Waals surface area contributed by atoms with Gasteiger partial charge in [0, 0.05) is 35.0 Å². The van der Waals surface area contributed by atoms with Crippen LogP contribution in [0.5, 0.6) is 0 Å². The van der Waals surface area contributed by atoms with Gasteiger partial charge in [0.25, 0.3) is 0 Å². The fourth-order valence-corrected chi connectivity index (χ4v) is 2.41. The molecule has 0 atom stereocenters. The Morgan fingerprint density at radius 2 is 2.18 bits per heavy atom. The van der Waals surface area contributed by atoms with Crippen molar-refractivity contribution in [3.05, 3.63) is 35.7 Å². The third-order valence-corrected chi connectivity index (χ3v) is 3.38. The van der Waals surface area contributed by atoms with E-state index in [1.807, 2.05) is 24.3 Å². The van der Waals surface area contributed by atoms with Gasteiger partial charge in [-0.1, -0.05) is 6.07 Å². The van der Waals surface area contributed by atoms with Gasteiger partial charge in [-0.2, -0.15) is 0 Å². The van der Waals surface area contributed by atoms with Crippen LogP contribution in [0.4, 0.5) is 11.4 Å². The van der Waals surface area contributed by atoms with E-state index in [9.17, 15) is 0 Å². The molecule has 4 heteroatoms. The molecule has 0 amide bonds. The van der Waals surface area contributed by atoms with Crippen LogP contribution in [0.1, 0.15) is 6.42 Å². The van der Waals surface area contributed by atoms with Crippen molar-refractivity contribution in [3.8, 4) is 10.4 Å². The summed E-state index contributed by atoms with van der Waals surface area (Å²) >= 11 is 1.69. The highest BCUT2D eigenvalue weighted by atomic mass is 32.1. The Labute approximate surface area is 105 Å². The number of thiophene rings is 1. The molecule has 4 N–H and O–H groups in total. The molecular formula is C13H16N2OS. The zero-order chi connectivity index (χ0) is 12.1. The van der Waals surface area contributed by atoms with Crippen LogP contribution in [0.25, 0.3) is 10.4 Å². The monoisotopic (exact) mass is 248 g/mol. The fraction of sp³-hybridized carbons (Fsp3) is 0.231. The molecule has 90 valence electrons. The molecule has 0 bridgehead atoms. The molecule has 0 aliphatic rings. The minimum absolute atomic E-state index is 0.205. The zero-order valence-electron chi connectivity index (χ0n) is 9.52. The second-order valence-corrected chi connectivity index (χ2v) is 4.73. The second kappa shape index (κ2) is 5.70. The van der Waals surface area contributed by atoms with E-state index in [1.165, 1.54) is 4.88 Å². The Bertz CT molecular complexity index is 468. The number of aliphatic hydroxyl groups excluding tert-OH is 1. The zero-order valence-corrected chi connectivity index (χ0v) is 10.3. The smallest absolute Gasteiger partial charge is 0.0447 e. The maximum atomic E-state index is 8.78. The summed E-state index contributed by atoms with van der Waals surface area (Å²) in [6.45, 7) is 0.967. The van der Waals surface area contributed by atoms with Crippen molar-refractivity contribution in [2.45, 2.75) is 6.42 Å². The molecule has 0 radical (unpaired) electrons. The first-order valence-electron chi connectivity index (χ1n) is 5.59. The molecule has 0 saturated heterocycles. The van der Waals surface area contributed by atoms with E-state index in [0.29, 0.717) is 0 Å². The maximum absolute atomic E-state index is 8.78. The molecule has 17 heavy (non-hydrogen) atoms. The minimum Gasteiger partial charge on any atom is -0.399 e. The maximum Gasteiger partial charge on any atom is 0.0447 e. The second-order valence-electron chi connectivity index (χ2n) is 3.79. The summed E-state index contributed by atoms with van der Waals surface area (Å²) in [5, 5.41) is 14.2. The highest BCUT2D eigenvalue weighted by Gasteiger charge is 2.06. The predicted octanol–water partition coefficient (Wildman–Crippen LogP) is 2.79. The lowest BCUT2D eigenvalue weighted by atomic mass is 10.1. The molecule has 2 aromatic rings. The Morgan fingerprint density at radius 1 is 1.29 bits per heavy atom. The molecule has 1 aromatic carbocycles. The molecule has 0 fully saturated rings. The van der Waals surface area contributed by atoms with Crippen molar-refractivity contribution in [3.63, 3.8) is 0 Å². The normalized spacial score (nSPS) is 10.4. The van der Waals surface area contributed by atoms with Crippen LogP contribution in [-0.4, -0.2) is 18.3 Å². The van der Waals surface area contributed by atoms with Crippen molar-refractivity contribution in [1.82, 2.24) is 0 Å². The van der Waals surface area contributed by atoms with Crippen LogP contribution in [-0.2, 0) is 0 Å². The number of aliphatic hydroxyl groups is 1. The number of nitrogens with one attached hydrogen (secondary N) is 1. The number of hydrogen-bond acceptors (Lipinski definition) is 4. The van der Waals surface area contributed by atoms with Crippen LogP contribution in [0.15, 0.2) is 35.7 Å². The highest BCUT2D eigenvalue weighted by molar-refractivity contribution is 7.13. The number of nitrogen functional groups attached to an aromatic ring is 1.